The number of esters is 1. The number of nitrogens with zero attached hydrogens (tertiary/aromatic N) is 3. The molecule has 1 aliphatic heterocycles. The van der Waals surface area contributed by atoms with Crippen molar-refractivity contribution in [2.45, 2.75) is 18.1 Å². The van der Waals surface area contributed by atoms with Crippen LogP contribution in [-0.4, -0.2) is 63.7 Å². The quantitative estimate of drug-likeness (QED) is 0.461. The molecule has 6 nitrogen and oxygen atoms in total. The topological polar surface area (TPSA) is 72.4 Å². The second-order valence-corrected chi connectivity index (χ2v) is 6.72. The van der Waals surface area contributed by atoms with Crippen molar-refractivity contribution in [3.63, 3.8) is 0 Å². The van der Waals surface area contributed by atoms with E-state index in [1.54, 1.807) is 18.7 Å². The predicted octanol–water partition coefficient (Wildman–Crippen LogP) is 1.97. The fourth-order valence-electron chi connectivity index (χ4n) is 2.02. The normalized spacial score (nSPS) is 18.1. The van der Waals surface area contributed by atoms with Gasteiger partial charge in [-0.3, -0.25) is 4.79 Å². The molecule has 2 heterocycles. The second kappa shape index (κ2) is 8.03. The van der Waals surface area contributed by atoms with Gasteiger partial charge in [0, 0.05) is 18.1 Å². The zero-order valence-corrected chi connectivity index (χ0v) is 14.6. The molecule has 0 radical (unpaired) electrons. The van der Waals surface area contributed by atoms with Crippen LogP contribution in [-0.2, 0) is 9.53 Å². The number of carbonyl (C=O) groups excluding carboxylic acids is 2. The van der Waals surface area contributed by atoms with Crippen LogP contribution in [0.2, 0.25) is 5.02 Å². The lowest BCUT2D eigenvalue weighted by Gasteiger charge is -2.33. The van der Waals surface area contributed by atoms with Crippen LogP contribution >= 0.6 is 35.1 Å². The van der Waals surface area contributed by atoms with Gasteiger partial charge < -0.3 is 9.64 Å². The van der Waals surface area contributed by atoms with Crippen LogP contribution in [0.4, 0.5) is 0 Å². The largest absolute Gasteiger partial charge is 0.464 e. The Kier molecular flexibility index (Phi) is 6.34. The van der Waals surface area contributed by atoms with Gasteiger partial charge in [-0.1, -0.05) is 23.4 Å². The Morgan fingerprint density at radius 2 is 2.36 bits per heavy atom. The molecule has 1 fully saturated rings. The van der Waals surface area contributed by atoms with Crippen LogP contribution in [0.1, 0.15) is 17.4 Å². The highest BCUT2D eigenvalue weighted by molar-refractivity contribution is 7.99. The predicted molar refractivity (Wildman–Crippen MR) is 87.6 cm³/mol. The molecule has 0 aliphatic carbocycles. The Morgan fingerprint density at radius 3 is 3.05 bits per heavy atom. The van der Waals surface area contributed by atoms with Gasteiger partial charge in [-0.15, -0.1) is 0 Å². The van der Waals surface area contributed by atoms with Gasteiger partial charge in [0.15, 0.2) is 10.9 Å². The maximum Gasteiger partial charge on any atom is 0.329 e. The number of carbonyl (C=O) groups is 2. The number of amides is 1. The third-order valence-electron chi connectivity index (χ3n) is 3.06. The molecule has 1 unspecified atom stereocenters. The van der Waals surface area contributed by atoms with E-state index in [1.165, 1.54) is 22.9 Å². The van der Waals surface area contributed by atoms with E-state index in [2.05, 4.69) is 9.97 Å². The Balaban J connectivity index is 2.27. The van der Waals surface area contributed by atoms with Crippen LogP contribution in [0.3, 0.4) is 0 Å². The number of halogens is 1. The van der Waals surface area contributed by atoms with Crippen molar-refractivity contribution >= 4 is 47.0 Å². The fraction of sp³-hybridized carbons (Fsp3) is 0.538. The first kappa shape index (κ1) is 17.4. The Bertz CT molecular complexity index is 573. The van der Waals surface area contributed by atoms with Crippen molar-refractivity contribution in [2.24, 2.45) is 0 Å². The van der Waals surface area contributed by atoms with Gasteiger partial charge in [0.1, 0.15) is 6.04 Å². The van der Waals surface area contributed by atoms with Crippen LogP contribution in [0.25, 0.3) is 0 Å². The highest BCUT2D eigenvalue weighted by Gasteiger charge is 2.35. The number of ether oxygens (including phenoxy) is 1. The molecule has 9 heteroatoms. The second-order valence-electron chi connectivity index (χ2n) is 4.39. The average Bonchev–Trinajstić information content (AvgIpc) is 2.55. The van der Waals surface area contributed by atoms with Gasteiger partial charge in [0.2, 0.25) is 0 Å². The van der Waals surface area contributed by atoms with Crippen molar-refractivity contribution in [2.75, 3.05) is 30.9 Å². The molecular formula is C13H16ClN3O3S2. The zero-order valence-electron chi connectivity index (χ0n) is 12.2. The molecule has 120 valence electrons. The molecule has 0 N–H and O–H groups in total. The lowest BCUT2D eigenvalue weighted by atomic mass is 10.2. The molecule has 0 saturated carbocycles. The minimum Gasteiger partial charge on any atom is -0.464 e. The molecule has 1 amide bonds. The Labute approximate surface area is 142 Å². The molecule has 0 spiro atoms. The van der Waals surface area contributed by atoms with E-state index in [4.69, 9.17) is 16.3 Å². The van der Waals surface area contributed by atoms with Crippen molar-refractivity contribution in [1.29, 1.82) is 0 Å². The van der Waals surface area contributed by atoms with Crippen LogP contribution in [0, 0.1) is 0 Å². The van der Waals surface area contributed by atoms with Gasteiger partial charge in [0.05, 0.1) is 17.8 Å². The highest BCUT2D eigenvalue weighted by atomic mass is 35.5. The molecule has 1 saturated heterocycles. The smallest absolute Gasteiger partial charge is 0.329 e. The summed E-state index contributed by atoms with van der Waals surface area (Å²) in [7, 11) is 0. The fourth-order valence-corrected chi connectivity index (χ4v) is 3.56. The lowest BCUT2D eigenvalue weighted by molar-refractivity contribution is -0.147. The average molecular weight is 362 g/mol. The minimum atomic E-state index is -0.602. The standard InChI is InChI=1S/C13H16ClN3O3S2/c1-3-20-12(19)9-7-22-5-4-17(9)11(18)10-8(14)6-15-13(16-10)21-2/h6,9H,3-5,7H2,1-2H3. The Morgan fingerprint density at radius 1 is 1.59 bits per heavy atom. The minimum absolute atomic E-state index is 0.127. The number of hydrogen-bond donors (Lipinski definition) is 0. The maximum absolute atomic E-state index is 12.7. The van der Waals surface area contributed by atoms with E-state index < -0.39 is 12.0 Å². The summed E-state index contributed by atoms with van der Waals surface area (Å²) in [5, 5.41) is 0.649. The third kappa shape index (κ3) is 3.85. The number of hydrogen-bond acceptors (Lipinski definition) is 7. The van der Waals surface area contributed by atoms with Gasteiger partial charge in [0.25, 0.3) is 5.91 Å². The van der Waals surface area contributed by atoms with Crippen LogP contribution < -0.4 is 0 Å². The van der Waals surface area contributed by atoms with Crippen LogP contribution in [0.15, 0.2) is 11.4 Å². The summed E-state index contributed by atoms with van der Waals surface area (Å²) >= 11 is 9.00. The van der Waals surface area contributed by atoms with E-state index in [0.717, 1.165) is 5.75 Å². The summed E-state index contributed by atoms with van der Waals surface area (Å²) in [6, 6.07) is -0.602. The summed E-state index contributed by atoms with van der Waals surface area (Å²) < 4.78 is 5.06. The van der Waals surface area contributed by atoms with Crippen LogP contribution in [0.5, 0.6) is 0 Å². The molecule has 2 rings (SSSR count). The third-order valence-corrected chi connectivity index (χ3v) is 4.92. The molecule has 1 aromatic rings. The summed E-state index contributed by atoms with van der Waals surface area (Å²) in [6.07, 6.45) is 3.22. The molecule has 22 heavy (non-hydrogen) atoms. The lowest BCUT2D eigenvalue weighted by Crippen LogP contribution is -2.51. The molecule has 1 aliphatic rings. The molecule has 0 bridgehead atoms. The van der Waals surface area contributed by atoms with Gasteiger partial charge in [-0.05, 0) is 13.2 Å². The van der Waals surface area contributed by atoms with E-state index in [-0.39, 0.29) is 23.2 Å². The van der Waals surface area contributed by atoms with Gasteiger partial charge in [-0.25, -0.2) is 14.8 Å². The number of rotatable bonds is 4. The van der Waals surface area contributed by atoms with E-state index in [0.29, 0.717) is 17.5 Å². The summed E-state index contributed by atoms with van der Waals surface area (Å²) in [5.74, 6) is 0.530. The molecule has 0 aromatic carbocycles. The zero-order chi connectivity index (χ0) is 16.1. The van der Waals surface area contributed by atoms with E-state index in [1.807, 2.05) is 6.26 Å². The molecule has 1 aromatic heterocycles. The number of thioether (sulfide) groups is 2. The van der Waals surface area contributed by atoms with E-state index in [9.17, 15) is 9.59 Å². The first-order valence-corrected chi connectivity index (χ1v) is 9.46. The first-order valence-electron chi connectivity index (χ1n) is 6.70. The first-order chi connectivity index (χ1) is 10.6. The summed E-state index contributed by atoms with van der Waals surface area (Å²) in [6.45, 7) is 2.49. The number of aromatic nitrogens is 2. The van der Waals surface area contributed by atoms with E-state index >= 15 is 0 Å². The van der Waals surface area contributed by atoms with Crippen molar-refractivity contribution in [3.05, 3.63) is 16.9 Å². The van der Waals surface area contributed by atoms with Gasteiger partial charge in [-0.2, -0.15) is 11.8 Å². The van der Waals surface area contributed by atoms with Crippen molar-refractivity contribution < 1.29 is 14.3 Å². The highest BCUT2D eigenvalue weighted by Crippen LogP contribution is 2.23. The van der Waals surface area contributed by atoms with Crippen molar-refractivity contribution in [1.82, 2.24) is 14.9 Å². The van der Waals surface area contributed by atoms with Gasteiger partial charge >= 0.3 is 5.97 Å². The van der Waals surface area contributed by atoms with Crippen molar-refractivity contribution in [3.8, 4) is 0 Å². The molecule has 1 atom stereocenters. The summed E-state index contributed by atoms with van der Waals surface area (Å²) in [5.41, 5.74) is 0.127. The molecular weight excluding hydrogens is 346 g/mol. The monoisotopic (exact) mass is 361 g/mol. The SMILES string of the molecule is CCOC(=O)C1CSCCN1C(=O)c1nc(SC)ncc1Cl. The maximum atomic E-state index is 12.7. The summed E-state index contributed by atoms with van der Waals surface area (Å²) in [4.78, 5) is 34.5. The Hall–Kier alpha value is -0.990.